The van der Waals surface area contributed by atoms with Crippen LogP contribution < -0.4 is 5.73 Å². The van der Waals surface area contributed by atoms with Crippen molar-refractivity contribution in [1.29, 1.82) is 0 Å². The maximum Gasteiger partial charge on any atom is 0.0503 e. The second kappa shape index (κ2) is 4.47. The van der Waals surface area contributed by atoms with E-state index in [-0.39, 0.29) is 0 Å². The molecule has 0 aliphatic carbocycles. The predicted molar refractivity (Wildman–Crippen MR) is 41.8 cm³/mol. The van der Waals surface area contributed by atoms with Gasteiger partial charge in [-0.1, -0.05) is 11.6 Å². The molecule has 58 valence electrons. The molecule has 2 N–H and O–H groups in total. The van der Waals surface area contributed by atoms with Crippen LogP contribution in [-0.4, -0.2) is 19.8 Å². The van der Waals surface area contributed by atoms with Gasteiger partial charge in [-0.2, -0.15) is 0 Å². The van der Waals surface area contributed by atoms with Gasteiger partial charge in [0.05, 0.1) is 6.61 Å². The molecule has 0 atom stereocenters. The molecule has 1 aliphatic rings. The lowest BCUT2D eigenvalue weighted by Gasteiger charge is -1.98. The standard InChI is InChI=1S/C8H15NO/c9-5-3-8-2-1-6-10-7-4-8/h3H,1-2,4-7,9H2. The number of hydrogen-bond donors (Lipinski definition) is 1. The van der Waals surface area contributed by atoms with Crippen molar-refractivity contribution in [2.45, 2.75) is 19.3 Å². The molecule has 0 saturated carbocycles. The largest absolute Gasteiger partial charge is 0.381 e. The van der Waals surface area contributed by atoms with Crippen molar-refractivity contribution in [1.82, 2.24) is 0 Å². The van der Waals surface area contributed by atoms with Crippen LogP contribution in [0.3, 0.4) is 0 Å². The molecule has 1 aliphatic heterocycles. The highest BCUT2D eigenvalue weighted by Gasteiger charge is 2.02. The molecule has 1 saturated heterocycles. The summed E-state index contributed by atoms with van der Waals surface area (Å²) >= 11 is 0. The lowest BCUT2D eigenvalue weighted by molar-refractivity contribution is 0.146. The minimum absolute atomic E-state index is 0.676. The van der Waals surface area contributed by atoms with Crippen LogP contribution in [0, 0.1) is 0 Å². The summed E-state index contributed by atoms with van der Waals surface area (Å²) < 4.78 is 5.29. The average Bonchev–Trinajstić information content (AvgIpc) is 2.17. The zero-order valence-corrected chi connectivity index (χ0v) is 6.31. The molecule has 0 unspecified atom stereocenters. The van der Waals surface area contributed by atoms with Crippen LogP contribution in [0.25, 0.3) is 0 Å². The van der Waals surface area contributed by atoms with Crippen LogP contribution in [0.2, 0.25) is 0 Å². The Labute approximate surface area is 62.1 Å². The third kappa shape index (κ3) is 2.50. The number of hydrogen-bond acceptors (Lipinski definition) is 2. The van der Waals surface area contributed by atoms with Gasteiger partial charge in [0, 0.05) is 13.2 Å². The highest BCUT2D eigenvalue weighted by molar-refractivity contribution is 5.03. The van der Waals surface area contributed by atoms with E-state index >= 15 is 0 Å². The fraction of sp³-hybridized carbons (Fsp3) is 0.750. The highest BCUT2D eigenvalue weighted by Crippen LogP contribution is 2.13. The first-order valence-electron chi connectivity index (χ1n) is 3.89. The van der Waals surface area contributed by atoms with E-state index in [1.54, 1.807) is 0 Å². The van der Waals surface area contributed by atoms with E-state index in [0.29, 0.717) is 6.54 Å². The van der Waals surface area contributed by atoms with Crippen molar-refractivity contribution < 1.29 is 4.74 Å². The minimum atomic E-state index is 0.676. The van der Waals surface area contributed by atoms with Gasteiger partial charge < -0.3 is 10.5 Å². The molecule has 2 nitrogen and oxygen atoms in total. The monoisotopic (exact) mass is 141 g/mol. The van der Waals surface area contributed by atoms with Gasteiger partial charge in [0.15, 0.2) is 0 Å². The molecule has 0 aromatic heterocycles. The number of rotatable bonds is 1. The van der Waals surface area contributed by atoms with Gasteiger partial charge in [-0.3, -0.25) is 0 Å². The molecule has 1 rings (SSSR count). The Morgan fingerprint density at radius 3 is 3.10 bits per heavy atom. The first-order valence-corrected chi connectivity index (χ1v) is 3.89. The van der Waals surface area contributed by atoms with Crippen LogP contribution >= 0.6 is 0 Å². The molecule has 0 aromatic carbocycles. The molecule has 1 heterocycles. The Morgan fingerprint density at radius 1 is 1.40 bits per heavy atom. The first kappa shape index (κ1) is 7.76. The third-order valence-corrected chi connectivity index (χ3v) is 1.76. The van der Waals surface area contributed by atoms with Crippen molar-refractivity contribution in [2.24, 2.45) is 5.73 Å². The average molecular weight is 141 g/mol. The zero-order valence-electron chi connectivity index (χ0n) is 6.31. The van der Waals surface area contributed by atoms with Gasteiger partial charge >= 0.3 is 0 Å². The normalized spacial score (nSPS) is 24.7. The summed E-state index contributed by atoms with van der Waals surface area (Å²) in [6, 6.07) is 0. The van der Waals surface area contributed by atoms with Crippen molar-refractivity contribution in [3.8, 4) is 0 Å². The summed E-state index contributed by atoms with van der Waals surface area (Å²) in [7, 11) is 0. The van der Waals surface area contributed by atoms with E-state index < -0.39 is 0 Å². The number of ether oxygens (including phenoxy) is 1. The fourth-order valence-electron chi connectivity index (χ4n) is 1.20. The Balaban J connectivity index is 2.35. The highest BCUT2D eigenvalue weighted by atomic mass is 16.5. The predicted octanol–water partition coefficient (Wildman–Crippen LogP) is 1.07. The van der Waals surface area contributed by atoms with Crippen LogP contribution in [0.1, 0.15) is 19.3 Å². The fourth-order valence-corrected chi connectivity index (χ4v) is 1.20. The van der Waals surface area contributed by atoms with E-state index in [4.69, 9.17) is 10.5 Å². The van der Waals surface area contributed by atoms with Gasteiger partial charge in [-0.25, -0.2) is 0 Å². The van der Waals surface area contributed by atoms with E-state index in [9.17, 15) is 0 Å². The van der Waals surface area contributed by atoms with Crippen LogP contribution in [-0.2, 0) is 4.74 Å². The van der Waals surface area contributed by atoms with Crippen LogP contribution in [0.15, 0.2) is 11.6 Å². The molecular weight excluding hydrogens is 126 g/mol. The van der Waals surface area contributed by atoms with Crippen LogP contribution in [0.4, 0.5) is 0 Å². The van der Waals surface area contributed by atoms with Gasteiger partial charge in [0.25, 0.3) is 0 Å². The molecule has 0 aromatic rings. The molecule has 1 fully saturated rings. The van der Waals surface area contributed by atoms with Crippen molar-refractivity contribution in [3.05, 3.63) is 11.6 Å². The molecule has 0 amide bonds. The summed E-state index contributed by atoms with van der Waals surface area (Å²) in [6.45, 7) is 2.48. The van der Waals surface area contributed by atoms with Crippen LogP contribution in [0.5, 0.6) is 0 Å². The number of nitrogens with two attached hydrogens (primary N) is 1. The summed E-state index contributed by atoms with van der Waals surface area (Å²) in [5.41, 5.74) is 6.87. The van der Waals surface area contributed by atoms with E-state index in [0.717, 1.165) is 26.1 Å². The zero-order chi connectivity index (χ0) is 7.23. The van der Waals surface area contributed by atoms with E-state index in [1.807, 2.05) is 0 Å². The second-order valence-electron chi connectivity index (χ2n) is 2.56. The maximum atomic E-state index is 5.39. The molecule has 0 bridgehead atoms. The Hall–Kier alpha value is -0.340. The molecule has 2 heteroatoms. The second-order valence-corrected chi connectivity index (χ2v) is 2.56. The molecule has 10 heavy (non-hydrogen) atoms. The lowest BCUT2D eigenvalue weighted by atomic mass is 10.1. The first-order chi connectivity index (χ1) is 4.93. The van der Waals surface area contributed by atoms with Gasteiger partial charge in [-0.15, -0.1) is 0 Å². The van der Waals surface area contributed by atoms with Gasteiger partial charge in [-0.05, 0) is 19.3 Å². The summed E-state index contributed by atoms with van der Waals surface area (Å²) in [5, 5.41) is 0. The van der Waals surface area contributed by atoms with Gasteiger partial charge in [0.2, 0.25) is 0 Å². The SMILES string of the molecule is NCC=C1CCCOCC1. The maximum absolute atomic E-state index is 5.39. The lowest BCUT2D eigenvalue weighted by Crippen LogP contribution is -1.96. The molecule has 0 radical (unpaired) electrons. The van der Waals surface area contributed by atoms with Crippen molar-refractivity contribution >= 4 is 0 Å². The summed E-state index contributed by atoms with van der Waals surface area (Å²) in [6.07, 6.45) is 5.54. The minimum Gasteiger partial charge on any atom is -0.381 e. The Kier molecular flexibility index (Phi) is 3.47. The quantitative estimate of drug-likeness (QED) is 0.554. The Bertz CT molecular complexity index is 110. The van der Waals surface area contributed by atoms with E-state index in [2.05, 4.69) is 6.08 Å². The summed E-state index contributed by atoms with van der Waals surface area (Å²) in [5.74, 6) is 0. The summed E-state index contributed by atoms with van der Waals surface area (Å²) in [4.78, 5) is 0. The molecular formula is C8H15NO. The van der Waals surface area contributed by atoms with Crippen molar-refractivity contribution in [2.75, 3.05) is 19.8 Å². The topological polar surface area (TPSA) is 35.2 Å². The third-order valence-electron chi connectivity index (χ3n) is 1.76. The van der Waals surface area contributed by atoms with Crippen molar-refractivity contribution in [3.63, 3.8) is 0 Å². The Morgan fingerprint density at radius 2 is 2.30 bits per heavy atom. The molecule has 0 spiro atoms. The smallest absolute Gasteiger partial charge is 0.0503 e. The van der Waals surface area contributed by atoms with E-state index in [1.165, 1.54) is 12.0 Å². The van der Waals surface area contributed by atoms with Gasteiger partial charge in [0.1, 0.15) is 0 Å².